The summed E-state index contributed by atoms with van der Waals surface area (Å²) in [5.74, 6) is 0.753. The number of hydrogen-bond donors (Lipinski definition) is 1. The minimum Gasteiger partial charge on any atom is -0.486 e. The molecule has 2 aromatic carbocycles. The minimum atomic E-state index is -0.152. The van der Waals surface area contributed by atoms with Gasteiger partial charge in [-0.25, -0.2) is 4.79 Å². The Hall–Kier alpha value is -2.01. The van der Waals surface area contributed by atoms with Gasteiger partial charge in [0.1, 0.15) is 11.9 Å². The number of benzene rings is 2. The van der Waals surface area contributed by atoms with Gasteiger partial charge in [-0.15, -0.1) is 0 Å². The zero-order valence-corrected chi connectivity index (χ0v) is 13.8. The molecule has 1 N–H and O–H groups in total. The van der Waals surface area contributed by atoms with Crippen LogP contribution in [0.2, 0.25) is 0 Å². The highest BCUT2D eigenvalue weighted by molar-refractivity contribution is 9.10. The topological polar surface area (TPSA) is 41.6 Å². The average Bonchev–Trinajstić information content (AvgIpc) is 2.55. The Bertz CT molecular complexity index is 690. The van der Waals surface area contributed by atoms with E-state index in [-0.39, 0.29) is 12.1 Å². The highest BCUT2D eigenvalue weighted by atomic mass is 79.9. The van der Waals surface area contributed by atoms with Gasteiger partial charge in [-0.1, -0.05) is 31.2 Å². The average molecular weight is 361 g/mol. The minimum absolute atomic E-state index is 0.0138. The maximum atomic E-state index is 12.7. The van der Waals surface area contributed by atoms with Gasteiger partial charge in [0.05, 0.1) is 17.9 Å². The number of ether oxygens (including phenoxy) is 1. The van der Waals surface area contributed by atoms with Gasteiger partial charge in [-0.2, -0.15) is 0 Å². The molecule has 0 saturated heterocycles. The number of carbonyl (C=O) groups is 1. The number of carbonyl (C=O) groups excluding carboxylic acids is 1. The van der Waals surface area contributed by atoms with Crippen LogP contribution in [0, 0.1) is 0 Å². The van der Waals surface area contributed by atoms with Crippen molar-refractivity contribution in [3.8, 4) is 5.75 Å². The number of fused-ring (bicyclic) bond motifs is 1. The van der Waals surface area contributed by atoms with E-state index in [1.54, 1.807) is 4.90 Å². The lowest BCUT2D eigenvalue weighted by Gasteiger charge is -2.34. The first-order valence-corrected chi connectivity index (χ1v) is 8.07. The maximum Gasteiger partial charge on any atom is 0.326 e. The second-order valence-electron chi connectivity index (χ2n) is 5.14. The molecule has 1 aliphatic heterocycles. The molecule has 0 spiro atoms. The van der Waals surface area contributed by atoms with Crippen LogP contribution in [0.5, 0.6) is 5.75 Å². The van der Waals surface area contributed by atoms with E-state index >= 15 is 0 Å². The van der Waals surface area contributed by atoms with Crippen LogP contribution in [0.4, 0.5) is 16.2 Å². The summed E-state index contributed by atoms with van der Waals surface area (Å²) in [5, 5.41) is 2.95. The van der Waals surface area contributed by atoms with Crippen LogP contribution in [-0.2, 0) is 0 Å². The number of anilines is 2. The molecule has 5 heteroatoms. The molecule has 0 unspecified atom stereocenters. The highest BCUT2D eigenvalue weighted by Gasteiger charge is 2.28. The Kier molecular flexibility index (Phi) is 4.34. The summed E-state index contributed by atoms with van der Waals surface area (Å²) < 4.78 is 6.76. The van der Waals surface area contributed by atoms with E-state index in [4.69, 9.17) is 4.74 Å². The molecule has 114 valence electrons. The smallest absolute Gasteiger partial charge is 0.326 e. The van der Waals surface area contributed by atoms with Crippen molar-refractivity contribution in [1.82, 2.24) is 0 Å². The van der Waals surface area contributed by atoms with E-state index in [0.717, 1.165) is 28.0 Å². The lowest BCUT2D eigenvalue weighted by atomic mass is 10.1. The zero-order chi connectivity index (χ0) is 15.5. The second-order valence-corrected chi connectivity index (χ2v) is 5.99. The van der Waals surface area contributed by atoms with Crippen LogP contribution in [0.15, 0.2) is 53.0 Å². The van der Waals surface area contributed by atoms with Gasteiger partial charge in [-0.05, 0) is 46.6 Å². The SMILES string of the molecule is CC[C@H]1CN(C(=O)Nc2ccccc2Br)c2ccccc2O1. The van der Waals surface area contributed by atoms with Crippen molar-refractivity contribution >= 4 is 33.3 Å². The maximum absolute atomic E-state index is 12.7. The Morgan fingerprint density at radius 3 is 2.77 bits per heavy atom. The van der Waals surface area contributed by atoms with Crippen LogP contribution >= 0.6 is 15.9 Å². The normalized spacial score (nSPS) is 16.6. The summed E-state index contributed by atoms with van der Waals surface area (Å²) in [6, 6.07) is 15.0. The zero-order valence-electron chi connectivity index (χ0n) is 12.3. The van der Waals surface area contributed by atoms with Gasteiger partial charge in [-0.3, -0.25) is 4.90 Å². The third-order valence-corrected chi connectivity index (χ3v) is 4.34. The fourth-order valence-corrected chi connectivity index (χ4v) is 2.83. The summed E-state index contributed by atoms with van der Waals surface area (Å²) in [6.45, 7) is 2.60. The summed E-state index contributed by atoms with van der Waals surface area (Å²) >= 11 is 3.45. The van der Waals surface area contributed by atoms with Crippen molar-refractivity contribution in [2.24, 2.45) is 0 Å². The number of para-hydroxylation sites is 3. The summed E-state index contributed by atoms with van der Waals surface area (Å²) in [4.78, 5) is 14.4. The third kappa shape index (κ3) is 2.95. The number of nitrogens with one attached hydrogen (secondary N) is 1. The molecule has 1 atom stereocenters. The van der Waals surface area contributed by atoms with Crippen molar-refractivity contribution in [2.45, 2.75) is 19.4 Å². The van der Waals surface area contributed by atoms with Gasteiger partial charge >= 0.3 is 6.03 Å². The van der Waals surface area contributed by atoms with Crippen molar-refractivity contribution in [2.75, 3.05) is 16.8 Å². The first-order chi connectivity index (χ1) is 10.7. The first-order valence-electron chi connectivity index (χ1n) is 7.27. The van der Waals surface area contributed by atoms with E-state index in [1.807, 2.05) is 48.5 Å². The predicted octanol–water partition coefficient (Wildman–Crippen LogP) is 4.66. The van der Waals surface area contributed by atoms with Gasteiger partial charge in [0, 0.05) is 4.47 Å². The van der Waals surface area contributed by atoms with Crippen LogP contribution in [0.25, 0.3) is 0 Å². The molecule has 3 rings (SSSR count). The monoisotopic (exact) mass is 360 g/mol. The van der Waals surface area contributed by atoms with Crippen molar-refractivity contribution in [3.05, 3.63) is 53.0 Å². The van der Waals surface area contributed by atoms with Crippen LogP contribution in [-0.4, -0.2) is 18.7 Å². The number of amides is 2. The summed E-state index contributed by atoms with van der Waals surface area (Å²) in [7, 11) is 0. The molecule has 0 fully saturated rings. The number of rotatable bonds is 2. The second kappa shape index (κ2) is 6.40. The first kappa shape index (κ1) is 14.9. The van der Waals surface area contributed by atoms with E-state index < -0.39 is 0 Å². The van der Waals surface area contributed by atoms with Crippen molar-refractivity contribution in [1.29, 1.82) is 0 Å². The fraction of sp³-hybridized carbons (Fsp3) is 0.235. The predicted molar refractivity (Wildman–Crippen MR) is 91.7 cm³/mol. The van der Waals surface area contributed by atoms with Crippen molar-refractivity contribution < 1.29 is 9.53 Å². The molecule has 1 heterocycles. The fourth-order valence-electron chi connectivity index (χ4n) is 2.45. The molecular weight excluding hydrogens is 344 g/mol. The number of hydrogen-bond acceptors (Lipinski definition) is 2. The number of nitrogens with zero attached hydrogens (tertiary/aromatic N) is 1. The molecule has 2 aromatic rings. The van der Waals surface area contributed by atoms with Crippen LogP contribution in [0.1, 0.15) is 13.3 Å². The Balaban J connectivity index is 1.87. The van der Waals surface area contributed by atoms with Crippen molar-refractivity contribution in [3.63, 3.8) is 0 Å². The quantitative estimate of drug-likeness (QED) is 0.845. The number of halogens is 1. The van der Waals surface area contributed by atoms with E-state index in [2.05, 4.69) is 28.2 Å². The van der Waals surface area contributed by atoms with Gasteiger partial charge in [0.15, 0.2) is 0 Å². The molecule has 0 radical (unpaired) electrons. The molecular formula is C17H17BrN2O2. The van der Waals surface area contributed by atoms with Gasteiger partial charge < -0.3 is 10.1 Å². The van der Waals surface area contributed by atoms with Crippen LogP contribution < -0.4 is 15.0 Å². The van der Waals surface area contributed by atoms with E-state index in [1.165, 1.54) is 0 Å². The molecule has 2 amide bonds. The van der Waals surface area contributed by atoms with E-state index in [0.29, 0.717) is 6.54 Å². The molecule has 4 nitrogen and oxygen atoms in total. The largest absolute Gasteiger partial charge is 0.486 e. The summed E-state index contributed by atoms with van der Waals surface area (Å²) in [6.07, 6.45) is 0.868. The Morgan fingerprint density at radius 2 is 2.00 bits per heavy atom. The standard InChI is InChI=1S/C17H17BrN2O2/c1-2-12-11-20(15-9-5-6-10-16(15)22-12)17(21)19-14-8-4-3-7-13(14)18/h3-10,12H,2,11H2,1H3,(H,19,21)/t12-/m0/s1. The lowest BCUT2D eigenvalue weighted by molar-refractivity contribution is 0.188. The molecule has 0 bridgehead atoms. The lowest BCUT2D eigenvalue weighted by Crippen LogP contribution is -2.45. The van der Waals surface area contributed by atoms with Crippen LogP contribution in [0.3, 0.4) is 0 Å². The molecule has 1 aliphatic rings. The highest BCUT2D eigenvalue weighted by Crippen LogP contribution is 2.34. The molecule has 0 saturated carbocycles. The van der Waals surface area contributed by atoms with Gasteiger partial charge in [0.25, 0.3) is 0 Å². The molecule has 0 aliphatic carbocycles. The Morgan fingerprint density at radius 1 is 1.27 bits per heavy atom. The molecule has 0 aromatic heterocycles. The Labute approximate surface area is 138 Å². The third-order valence-electron chi connectivity index (χ3n) is 3.65. The van der Waals surface area contributed by atoms with E-state index in [9.17, 15) is 4.79 Å². The summed E-state index contributed by atoms with van der Waals surface area (Å²) in [5.41, 5.74) is 1.56. The number of urea groups is 1. The van der Waals surface area contributed by atoms with Gasteiger partial charge in [0.2, 0.25) is 0 Å². The molecule has 22 heavy (non-hydrogen) atoms.